The van der Waals surface area contributed by atoms with Crippen molar-refractivity contribution in [3.63, 3.8) is 0 Å². The normalized spacial score (nSPS) is 22.5. The van der Waals surface area contributed by atoms with Gasteiger partial charge in [0.2, 0.25) is 0 Å². The molecule has 0 radical (unpaired) electrons. The molecule has 1 saturated carbocycles. The van der Waals surface area contributed by atoms with E-state index in [0.717, 1.165) is 41.8 Å². The highest BCUT2D eigenvalue weighted by molar-refractivity contribution is 6.31. The first-order valence-electron chi connectivity index (χ1n) is 7.36. The van der Waals surface area contributed by atoms with Crippen molar-refractivity contribution in [2.45, 2.75) is 58.1 Å². The minimum Gasteiger partial charge on any atom is -0.376 e. The molecule has 2 rings (SSSR count). The molecule has 1 atom stereocenters. The Hall–Kier alpha value is -0.570. The lowest BCUT2D eigenvalue weighted by Crippen LogP contribution is -2.47. The molecule has 2 N–H and O–H groups in total. The van der Waals surface area contributed by atoms with E-state index in [-0.39, 0.29) is 11.6 Å². The molecule has 0 amide bonds. The second-order valence-corrected chi connectivity index (χ2v) is 7.33. The van der Waals surface area contributed by atoms with Gasteiger partial charge in [0.15, 0.2) is 0 Å². The maximum atomic E-state index is 6.54. The molecule has 20 heavy (non-hydrogen) atoms. The van der Waals surface area contributed by atoms with Crippen molar-refractivity contribution in [1.82, 2.24) is 0 Å². The molecule has 1 aliphatic carbocycles. The van der Waals surface area contributed by atoms with Gasteiger partial charge >= 0.3 is 0 Å². The average Bonchev–Trinajstić information content (AvgIpc) is 2.42. The number of hydrogen-bond donors (Lipinski definition) is 1. The summed E-state index contributed by atoms with van der Waals surface area (Å²) in [5, 5.41) is 0.778. The van der Waals surface area contributed by atoms with Crippen LogP contribution >= 0.6 is 11.6 Å². The van der Waals surface area contributed by atoms with Gasteiger partial charge in [-0.1, -0.05) is 37.6 Å². The smallest absolute Gasteiger partial charge is 0.0870 e. The van der Waals surface area contributed by atoms with Gasteiger partial charge in [-0.15, -0.1) is 0 Å². The van der Waals surface area contributed by atoms with E-state index in [0.29, 0.717) is 5.41 Å². The predicted octanol–water partition coefficient (Wildman–Crippen LogP) is 4.63. The average molecular weight is 296 g/mol. The molecule has 3 heteroatoms. The van der Waals surface area contributed by atoms with E-state index in [9.17, 15) is 0 Å². The zero-order valence-electron chi connectivity index (χ0n) is 13.0. The lowest BCUT2D eigenvalue weighted by Gasteiger charge is -2.46. The Morgan fingerprint density at radius 2 is 1.80 bits per heavy atom. The lowest BCUT2D eigenvalue weighted by molar-refractivity contribution is -0.0794. The van der Waals surface area contributed by atoms with Crippen molar-refractivity contribution in [3.05, 3.63) is 34.3 Å². The van der Waals surface area contributed by atoms with E-state index in [1.165, 1.54) is 0 Å². The summed E-state index contributed by atoms with van der Waals surface area (Å²) < 4.78 is 5.89. The molecule has 1 aromatic rings. The van der Waals surface area contributed by atoms with Crippen molar-refractivity contribution in [1.29, 1.82) is 0 Å². The Bertz CT molecular complexity index is 474. The summed E-state index contributed by atoms with van der Waals surface area (Å²) in [5.41, 5.74) is 8.83. The fourth-order valence-electron chi connectivity index (χ4n) is 3.10. The third-order valence-corrected chi connectivity index (χ3v) is 5.39. The topological polar surface area (TPSA) is 35.2 Å². The van der Waals surface area contributed by atoms with Gasteiger partial charge in [-0.3, -0.25) is 0 Å². The van der Waals surface area contributed by atoms with Crippen molar-refractivity contribution in [2.75, 3.05) is 7.11 Å². The molecule has 1 aliphatic rings. The summed E-state index contributed by atoms with van der Waals surface area (Å²) in [6, 6.07) is 5.98. The Morgan fingerprint density at radius 3 is 2.30 bits per heavy atom. The number of ether oxygens (including phenoxy) is 1. The molecule has 0 aliphatic heterocycles. The predicted molar refractivity (Wildman–Crippen MR) is 85.1 cm³/mol. The van der Waals surface area contributed by atoms with Crippen LogP contribution in [0.2, 0.25) is 5.02 Å². The Labute approximate surface area is 127 Å². The first-order valence-corrected chi connectivity index (χ1v) is 7.74. The molecular weight excluding hydrogens is 270 g/mol. The zero-order valence-corrected chi connectivity index (χ0v) is 13.8. The van der Waals surface area contributed by atoms with E-state index in [4.69, 9.17) is 22.1 Å². The van der Waals surface area contributed by atoms with E-state index in [1.54, 1.807) is 7.11 Å². The molecule has 112 valence electrons. The van der Waals surface area contributed by atoms with Gasteiger partial charge in [-0.2, -0.15) is 0 Å². The van der Waals surface area contributed by atoms with Crippen molar-refractivity contribution in [3.8, 4) is 0 Å². The third kappa shape index (κ3) is 3.03. The highest BCUT2D eigenvalue weighted by Crippen LogP contribution is 2.46. The largest absolute Gasteiger partial charge is 0.376 e. The van der Waals surface area contributed by atoms with Crippen LogP contribution < -0.4 is 5.73 Å². The Balaban J connectivity index is 2.25. The number of halogens is 1. The fraction of sp³-hybridized carbons (Fsp3) is 0.647. The maximum absolute atomic E-state index is 6.54. The second-order valence-electron chi connectivity index (χ2n) is 6.92. The molecule has 0 saturated heterocycles. The first-order chi connectivity index (χ1) is 9.30. The van der Waals surface area contributed by atoms with Gasteiger partial charge in [0.05, 0.1) is 11.6 Å². The molecule has 2 nitrogen and oxygen atoms in total. The van der Waals surface area contributed by atoms with Crippen LogP contribution in [0.25, 0.3) is 0 Å². The summed E-state index contributed by atoms with van der Waals surface area (Å²) in [7, 11) is 1.79. The summed E-state index contributed by atoms with van der Waals surface area (Å²) in [4.78, 5) is 0. The minimum atomic E-state index is -0.256. The number of benzene rings is 1. The van der Waals surface area contributed by atoms with Crippen LogP contribution in [-0.2, 0) is 4.74 Å². The van der Waals surface area contributed by atoms with Crippen molar-refractivity contribution in [2.24, 2.45) is 11.1 Å². The van der Waals surface area contributed by atoms with Crippen LogP contribution in [0.5, 0.6) is 0 Å². The number of hydrogen-bond acceptors (Lipinski definition) is 2. The van der Waals surface area contributed by atoms with E-state index in [2.05, 4.69) is 19.9 Å². The summed E-state index contributed by atoms with van der Waals surface area (Å²) in [5.74, 6) is 0. The minimum absolute atomic E-state index is 0.123. The summed E-state index contributed by atoms with van der Waals surface area (Å²) >= 11 is 6.23. The van der Waals surface area contributed by atoms with Crippen LogP contribution in [0.15, 0.2) is 18.2 Å². The van der Waals surface area contributed by atoms with Gasteiger partial charge in [0, 0.05) is 12.1 Å². The standard InChI is InChI=1S/C17H26ClNO/c1-12-5-6-13(11-14(12)18)15(19)17(20-4)9-7-16(2,3)8-10-17/h5-6,11,15H,7-10,19H2,1-4H3. The Kier molecular flexibility index (Phi) is 4.48. The lowest BCUT2D eigenvalue weighted by atomic mass is 9.67. The van der Waals surface area contributed by atoms with Gasteiger partial charge < -0.3 is 10.5 Å². The summed E-state index contributed by atoms with van der Waals surface area (Å²) in [6.45, 7) is 6.65. The number of nitrogens with two attached hydrogens (primary N) is 1. The van der Waals surface area contributed by atoms with E-state index < -0.39 is 0 Å². The van der Waals surface area contributed by atoms with E-state index in [1.807, 2.05) is 19.1 Å². The SMILES string of the molecule is COC1(C(N)c2ccc(C)c(Cl)c2)CCC(C)(C)CC1. The molecule has 1 unspecified atom stereocenters. The maximum Gasteiger partial charge on any atom is 0.0870 e. The molecule has 1 fully saturated rings. The second kappa shape index (κ2) is 5.67. The van der Waals surface area contributed by atoms with Crippen LogP contribution in [0.1, 0.15) is 56.7 Å². The van der Waals surface area contributed by atoms with Crippen LogP contribution in [-0.4, -0.2) is 12.7 Å². The van der Waals surface area contributed by atoms with Gasteiger partial charge in [0.1, 0.15) is 0 Å². The number of aryl methyl sites for hydroxylation is 1. The highest BCUT2D eigenvalue weighted by atomic mass is 35.5. The highest BCUT2D eigenvalue weighted by Gasteiger charge is 2.43. The van der Waals surface area contributed by atoms with Crippen molar-refractivity contribution < 1.29 is 4.74 Å². The van der Waals surface area contributed by atoms with Gasteiger partial charge in [-0.05, 0) is 55.2 Å². The molecule has 0 aromatic heterocycles. The monoisotopic (exact) mass is 295 g/mol. The first kappa shape index (κ1) is 15.8. The van der Waals surface area contributed by atoms with Crippen LogP contribution in [0.3, 0.4) is 0 Å². The Morgan fingerprint density at radius 1 is 1.20 bits per heavy atom. The molecule has 0 heterocycles. The van der Waals surface area contributed by atoms with Gasteiger partial charge in [0.25, 0.3) is 0 Å². The number of rotatable bonds is 3. The fourth-order valence-corrected chi connectivity index (χ4v) is 3.29. The van der Waals surface area contributed by atoms with E-state index >= 15 is 0 Å². The zero-order chi connectivity index (χ0) is 15.0. The molecule has 0 bridgehead atoms. The van der Waals surface area contributed by atoms with Crippen LogP contribution in [0, 0.1) is 12.3 Å². The molecule has 1 aromatic carbocycles. The molecule has 0 spiro atoms. The van der Waals surface area contributed by atoms with Crippen molar-refractivity contribution >= 4 is 11.6 Å². The summed E-state index contributed by atoms with van der Waals surface area (Å²) in [6.07, 6.45) is 4.30. The quantitative estimate of drug-likeness (QED) is 0.882. The third-order valence-electron chi connectivity index (χ3n) is 4.98. The van der Waals surface area contributed by atoms with Gasteiger partial charge in [-0.25, -0.2) is 0 Å². The number of methoxy groups -OCH3 is 1. The van der Waals surface area contributed by atoms with Crippen LogP contribution in [0.4, 0.5) is 0 Å². The molecular formula is C17H26ClNO.